The van der Waals surface area contributed by atoms with Gasteiger partial charge in [0.2, 0.25) is 5.95 Å². The largest absolute Gasteiger partial charge is 0.378 e. The lowest BCUT2D eigenvalue weighted by Gasteiger charge is -2.27. The average Bonchev–Trinajstić information content (AvgIpc) is 3.52. The van der Waals surface area contributed by atoms with Crippen LogP contribution < -0.4 is 4.90 Å². The van der Waals surface area contributed by atoms with Crippen LogP contribution in [0.15, 0.2) is 67.4 Å². The molecule has 0 bridgehead atoms. The summed E-state index contributed by atoms with van der Waals surface area (Å²) in [6.45, 7) is 4.86. The maximum atomic E-state index is 5.52. The molecule has 0 spiro atoms. The molecule has 33 heavy (non-hydrogen) atoms. The quantitative estimate of drug-likeness (QED) is 0.426. The lowest BCUT2D eigenvalue weighted by molar-refractivity contribution is 0.122. The van der Waals surface area contributed by atoms with Gasteiger partial charge in [0.05, 0.1) is 24.6 Å². The van der Waals surface area contributed by atoms with E-state index >= 15 is 0 Å². The average molecular weight is 438 g/mol. The van der Waals surface area contributed by atoms with Crippen LogP contribution in [0.2, 0.25) is 0 Å². The van der Waals surface area contributed by atoms with Gasteiger partial charge < -0.3 is 9.64 Å². The Morgan fingerprint density at radius 3 is 2.64 bits per heavy atom. The molecule has 0 unspecified atom stereocenters. The van der Waals surface area contributed by atoms with Crippen LogP contribution in [0.25, 0.3) is 33.9 Å². The highest BCUT2D eigenvalue weighted by Crippen LogP contribution is 2.26. The molecule has 5 heterocycles. The van der Waals surface area contributed by atoms with E-state index in [1.165, 1.54) is 5.56 Å². The molecular formula is C24H22N8O. The van der Waals surface area contributed by atoms with E-state index in [9.17, 15) is 0 Å². The van der Waals surface area contributed by atoms with Gasteiger partial charge in [-0.2, -0.15) is 15.1 Å². The van der Waals surface area contributed by atoms with Crippen molar-refractivity contribution in [1.29, 1.82) is 0 Å². The molecule has 1 aliphatic heterocycles. The molecule has 0 amide bonds. The number of imidazole rings is 1. The molecule has 1 aliphatic rings. The second-order valence-corrected chi connectivity index (χ2v) is 7.95. The van der Waals surface area contributed by atoms with Crippen LogP contribution in [-0.4, -0.2) is 60.6 Å². The maximum absolute atomic E-state index is 5.52. The number of rotatable bonds is 4. The third-order valence-corrected chi connectivity index (χ3v) is 5.72. The van der Waals surface area contributed by atoms with Gasteiger partial charge in [0.15, 0.2) is 17.0 Å². The van der Waals surface area contributed by atoms with Crippen molar-refractivity contribution >= 4 is 17.1 Å². The van der Waals surface area contributed by atoms with Gasteiger partial charge >= 0.3 is 0 Å². The normalized spacial score (nSPS) is 14.2. The van der Waals surface area contributed by atoms with Gasteiger partial charge in [-0.15, -0.1) is 0 Å². The number of nitrogens with zero attached hydrogens (tertiary/aromatic N) is 8. The molecule has 164 valence electrons. The Hall–Kier alpha value is -4.11. The Labute approximate surface area is 190 Å². The van der Waals surface area contributed by atoms with Crippen LogP contribution in [-0.2, 0) is 4.74 Å². The number of fused-ring (bicyclic) bond motifs is 1. The van der Waals surface area contributed by atoms with Crippen molar-refractivity contribution < 1.29 is 4.74 Å². The van der Waals surface area contributed by atoms with Crippen LogP contribution in [0.5, 0.6) is 0 Å². The van der Waals surface area contributed by atoms with Gasteiger partial charge in [0.1, 0.15) is 6.33 Å². The molecule has 6 rings (SSSR count). The topological polar surface area (TPSA) is 86.8 Å². The molecule has 1 fully saturated rings. The first-order chi connectivity index (χ1) is 16.3. The summed E-state index contributed by atoms with van der Waals surface area (Å²) in [6, 6.07) is 14.2. The fourth-order valence-corrected chi connectivity index (χ4v) is 4.03. The number of ether oxygens (including phenoxy) is 1. The summed E-state index contributed by atoms with van der Waals surface area (Å²) in [5.41, 5.74) is 5.48. The van der Waals surface area contributed by atoms with E-state index in [2.05, 4.69) is 40.0 Å². The first-order valence-corrected chi connectivity index (χ1v) is 10.9. The molecule has 4 aromatic heterocycles. The highest BCUT2D eigenvalue weighted by atomic mass is 16.5. The zero-order chi connectivity index (χ0) is 22.2. The van der Waals surface area contributed by atoms with E-state index in [4.69, 9.17) is 19.8 Å². The smallest absolute Gasteiger partial charge is 0.229 e. The second kappa shape index (κ2) is 8.10. The predicted octanol–water partition coefficient (Wildman–Crippen LogP) is 3.21. The number of anilines is 1. The Morgan fingerprint density at radius 1 is 0.970 bits per heavy atom. The summed E-state index contributed by atoms with van der Waals surface area (Å²) in [5, 5.41) is 4.83. The van der Waals surface area contributed by atoms with E-state index in [1.54, 1.807) is 23.4 Å². The fourth-order valence-electron chi connectivity index (χ4n) is 4.03. The number of benzene rings is 1. The van der Waals surface area contributed by atoms with Crippen LogP contribution >= 0.6 is 0 Å². The summed E-state index contributed by atoms with van der Waals surface area (Å²) in [7, 11) is 0. The standard InChI is InChI=1S/C24H22N8O/c1-17-3-2-4-18(15-17)20-7-10-32(29-20)23-21-22(27-24(28-23)30-11-13-33-14-12-30)31(16-26-21)19-5-8-25-9-6-19/h2-10,15-16H,11-14H2,1H3. The number of hydrogen-bond acceptors (Lipinski definition) is 7. The van der Waals surface area contributed by atoms with Crippen molar-refractivity contribution in [2.45, 2.75) is 6.92 Å². The molecule has 1 saturated heterocycles. The van der Waals surface area contributed by atoms with Gasteiger partial charge in [-0.05, 0) is 31.2 Å². The summed E-state index contributed by atoms with van der Waals surface area (Å²) in [6.07, 6.45) is 7.21. The zero-order valence-electron chi connectivity index (χ0n) is 18.2. The van der Waals surface area contributed by atoms with Crippen molar-refractivity contribution in [3.63, 3.8) is 0 Å². The minimum Gasteiger partial charge on any atom is -0.378 e. The number of aromatic nitrogens is 7. The molecule has 0 atom stereocenters. The second-order valence-electron chi connectivity index (χ2n) is 7.95. The number of aryl methyl sites for hydroxylation is 1. The Morgan fingerprint density at radius 2 is 1.82 bits per heavy atom. The molecule has 1 aromatic carbocycles. The third-order valence-electron chi connectivity index (χ3n) is 5.72. The van der Waals surface area contributed by atoms with Crippen molar-refractivity contribution in [3.05, 3.63) is 72.9 Å². The summed E-state index contributed by atoms with van der Waals surface area (Å²) < 4.78 is 9.27. The lowest BCUT2D eigenvalue weighted by atomic mass is 10.1. The highest BCUT2D eigenvalue weighted by molar-refractivity contribution is 5.81. The molecule has 0 N–H and O–H groups in total. The summed E-state index contributed by atoms with van der Waals surface area (Å²) in [5.74, 6) is 1.29. The first kappa shape index (κ1) is 19.6. The van der Waals surface area contributed by atoms with E-state index in [1.807, 2.05) is 35.0 Å². The Kier molecular flexibility index (Phi) is 4.80. The monoisotopic (exact) mass is 438 g/mol. The Balaban J connectivity index is 1.51. The highest BCUT2D eigenvalue weighted by Gasteiger charge is 2.21. The van der Waals surface area contributed by atoms with E-state index in [0.717, 1.165) is 35.7 Å². The molecule has 9 heteroatoms. The van der Waals surface area contributed by atoms with E-state index < -0.39 is 0 Å². The molecular weight excluding hydrogens is 416 g/mol. The van der Waals surface area contributed by atoms with Gasteiger partial charge in [0.25, 0.3) is 0 Å². The first-order valence-electron chi connectivity index (χ1n) is 10.9. The van der Waals surface area contributed by atoms with Gasteiger partial charge in [-0.25, -0.2) is 9.67 Å². The van der Waals surface area contributed by atoms with Crippen molar-refractivity contribution in [2.24, 2.45) is 0 Å². The van der Waals surface area contributed by atoms with E-state index in [0.29, 0.717) is 30.5 Å². The fraction of sp³-hybridized carbons (Fsp3) is 0.208. The van der Waals surface area contributed by atoms with Gasteiger partial charge in [-0.1, -0.05) is 23.8 Å². The minimum atomic E-state index is 0.643. The lowest BCUT2D eigenvalue weighted by Crippen LogP contribution is -2.37. The Bertz CT molecular complexity index is 1420. The molecule has 9 nitrogen and oxygen atoms in total. The van der Waals surface area contributed by atoms with Crippen molar-refractivity contribution in [2.75, 3.05) is 31.2 Å². The molecule has 0 saturated carbocycles. The summed E-state index contributed by atoms with van der Waals surface area (Å²) in [4.78, 5) is 20.7. The SMILES string of the molecule is Cc1cccc(-c2ccn(-c3nc(N4CCOCC4)nc4c3ncn4-c3ccncc3)n2)c1. The van der Waals surface area contributed by atoms with Gasteiger partial charge in [0, 0.05) is 37.2 Å². The summed E-state index contributed by atoms with van der Waals surface area (Å²) >= 11 is 0. The van der Waals surface area contributed by atoms with E-state index in [-0.39, 0.29) is 0 Å². The number of pyridine rings is 1. The molecule has 5 aromatic rings. The maximum Gasteiger partial charge on any atom is 0.229 e. The van der Waals surface area contributed by atoms with Crippen LogP contribution in [0.4, 0.5) is 5.95 Å². The van der Waals surface area contributed by atoms with Crippen LogP contribution in [0.1, 0.15) is 5.56 Å². The number of hydrogen-bond donors (Lipinski definition) is 0. The molecule has 0 radical (unpaired) electrons. The van der Waals surface area contributed by atoms with Crippen molar-refractivity contribution in [3.8, 4) is 22.8 Å². The van der Waals surface area contributed by atoms with Crippen LogP contribution in [0.3, 0.4) is 0 Å². The number of morpholine rings is 1. The zero-order valence-corrected chi connectivity index (χ0v) is 18.2. The predicted molar refractivity (Wildman–Crippen MR) is 125 cm³/mol. The minimum absolute atomic E-state index is 0.643. The van der Waals surface area contributed by atoms with Crippen molar-refractivity contribution in [1.82, 2.24) is 34.3 Å². The van der Waals surface area contributed by atoms with Crippen LogP contribution in [0, 0.1) is 6.92 Å². The molecule has 0 aliphatic carbocycles. The third kappa shape index (κ3) is 3.62. The van der Waals surface area contributed by atoms with Gasteiger partial charge in [-0.3, -0.25) is 9.55 Å².